The molecule has 164 valence electrons. The molecule has 1 atom stereocenters. The van der Waals surface area contributed by atoms with E-state index in [4.69, 9.17) is 16.2 Å². The lowest BCUT2D eigenvalue weighted by Crippen LogP contribution is -2.46. The van der Waals surface area contributed by atoms with Gasteiger partial charge in [0.25, 0.3) is 16.0 Å². The van der Waals surface area contributed by atoms with Crippen molar-refractivity contribution in [2.24, 2.45) is 5.92 Å². The number of nitrogens with one attached hydrogen (secondary N) is 1. The number of hydrogen-bond donors (Lipinski definition) is 2. The quantitative estimate of drug-likeness (QED) is 0.505. The van der Waals surface area contributed by atoms with Crippen LogP contribution in [0.25, 0.3) is 0 Å². The minimum absolute atomic E-state index is 0.0465. The van der Waals surface area contributed by atoms with Gasteiger partial charge in [-0.2, -0.15) is 34.8 Å². The Bertz CT molecular complexity index is 863. The molecular weight excluding hydrogens is 452 g/mol. The summed E-state index contributed by atoms with van der Waals surface area (Å²) in [5.41, 5.74) is -1.52. The lowest BCUT2D eigenvalue weighted by Gasteiger charge is -2.33. The van der Waals surface area contributed by atoms with Crippen molar-refractivity contribution < 1.29 is 44.1 Å². The summed E-state index contributed by atoms with van der Waals surface area (Å²) >= 11 is 5.78. The normalized spacial score (nSPS) is 22.2. The number of halogens is 7. The monoisotopic (exact) mass is 467 g/mol. The van der Waals surface area contributed by atoms with E-state index in [9.17, 15) is 39.6 Å². The third-order valence-electron chi connectivity index (χ3n) is 4.72. The first kappa shape index (κ1) is 23.7. The van der Waals surface area contributed by atoms with Crippen molar-refractivity contribution in [3.63, 3.8) is 0 Å². The molecule has 1 amide bonds. The molecule has 29 heavy (non-hydrogen) atoms. The second-order valence-electron chi connectivity index (χ2n) is 6.75. The van der Waals surface area contributed by atoms with Gasteiger partial charge < -0.3 is 5.32 Å². The van der Waals surface area contributed by atoms with Gasteiger partial charge in [0.05, 0.1) is 16.1 Å². The topological polar surface area (TPSA) is 83.5 Å². The summed E-state index contributed by atoms with van der Waals surface area (Å²) in [6.07, 6.45) is -10.5. The van der Waals surface area contributed by atoms with E-state index in [0.717, 1.165) is 6.07 Å². The zero-order chi connectivity index (χ0) is 22.2. The molecule has 1 aromatic rings. The molecular formula is C16H16ClF6NO4S. The standard InChI is InChI=1S/C16H16ClF6NO4S/c17-12-6-3-9(15(18,19)20)7-11(12)14(25)24-10-4-1-8(2-5-10)13(16(21,22)23)29(26,27)28/h3,6-8,10,13H,1-2,4-5H2,(H,24,25)(H,26,27,28). The summed E-state index contributed by atoms with van der Waals surface area (Å²) in [5, 5.41) is -0.748. The van der Waals surface area contributed by atoms with Gasteiger partial charge in [-0.3, -0.25) is 9.35 Å². The van der Waals surface area contributed by atoms with Crippen LogP contribution in [-0.2, 0) is 16.3 Å². The molecule has 1 saturated carbocycles. The first-order chi connectivity index (χ1) is 13.1. The van der Waals surface area contributed by atoms with Crippen LogP contribution in [-0.4, -0.2) is 36.3 Å². The summed E-state index contributed by atoms with van der Waals surface area (Å²) in [6, 6.07) is 1.51. The second kappa shape index (κ2) is 8.31. The molecule has 13 heteroatoms. The molecule has 0 spiro atoms. The van der Waals surface area contributed by atoms with Crippen LogP contribution in [0.2, 0.25) is 5.02 Å². The number of carbonyl (C=O) groups excluding carboxylic acids is 1. The van der Waals surface area contributed by atoms with Crippen LogP contribution in [0.3, 0.4) is 0 Å². The van der Waals surface area contributed by atoms with Crippen LogP contribution < -0.4 is 5.32 Å². The SMILES string of the molecule is O=C(NC1CCC(C(C(F)(F)F)S(=O)(=O)O)CC1)c1cc(C(F)(F)F)ccc1Cl. The molecule has 1 fully saturated rings. The number of amides is 1. The first-order valence-corrected chi connectivity index (χ1v) is 10.2. The third kappa shape index (κ3) is 5.98. The van der Waals surface area contributed by atoms with Gasteiger partial charge in [0.15, 0.2) is 5.25 Å². The molecule has 1 unspecified atom stereocenters. The Morgan fingerprint density at radius 2 is 1.66 bits per heavy atom. The molecule has 5 nitrogen and oxygen atoms in total. The van der Waals surface area contributed by atoms with Gasteiger partial charge in [0.1, 0.15) is 0 Å². The summed E-state index contributed by atoms with van der Waals surface area (Å²) < 4.78 is 109. The van der Waals surface area contributed by atoms with Crippen molar-refractivity contribution in [2.75, 3.05) is 0 Å². The number of carbonyl (C=O) groups is 1. The Kier molecular flexibility index (Phi) is 6.80. The molecule has 0 heterocycles. The smallest absolute Gasteiger partial charge is 0.349 e. The average molecular weight is 468 g/mol. The summed E-state index contributed by atoms with van der Waals surface area (Å²) in [4.78, 5) is 12.3. The maximum atomic E-state index is 13.0. The highest BCUT2D eigenvalue weighted by atomic mass is 35.5. The van der Waals surface area contributed by atoms with E-state index < -0.39 is 56.7 Å². The zero-order valence-electron chi connectivity index (χ0n) is 14.5. The Balaban J connectivity index is 2.07. The highest BCUT2D eigenvalue weighted by molar-refractivity contribution is 7.86. The predicted octanol–water partition coefficient (Wildman–Crippen LogP) is 4.47. The van der Waals surface area contributed by atoms with E-state index in [-0.39, 0.29) is 30.7 Å². The molecule has 1 aromatic carbocycles. The third-order valence-corrected chi connectivity index (χ3v) is 6.34. The van der Waals surface area contributed by atoms with Crippen molar-refractivity contribution in [3.05, 3.63) is 34.3 Å². The Morgan fingerprint density at radius 1 is 1.10 bits per heavy atom. The van der Waals surface area contributed by atoms with Gasteiger partial charge in [-0.1, -0.05) is 11.6 Å². The number of rotatable bonds is 4. The van der Waals surface area contributed by atoms with Crippen molar-refractivity contribution in [2.45, 2.75) is 49.3 Å². The van der Waals surface area contributed by atoms with Gasteiger partial charge in [0, 0.05) is 6.04 Å². The van der Waals surface area contributed by atoms with E-state index in [2.05, 4.69) is 5.32 Å². The Labute approximate surface area is 167 Å². The van der Waals surface area contributed by atoms with Crippen molar-refractivity contribution >= 4 is 27.6 Å². The van der Waals surface area contributed by atoms with Gasteiger partial charge in [0.2, 0.25) is 0 Å². The number of benzene rings is 1. The molecule has 2 rings (SSSR count). The van der Waals surface area contributed by atoms with E-state index in [0.29, 0.717) is 12.1 Å². The predicted molar refractivity (Wildman–Crippen MR) is 91.1 cm³/mol. The first-order valence-electron chi connectivity index (χ1n) is 8.31. The summed E-state index contributed by atoms with van der Waals surface area (Å²) in [5.74, 6) is -2.32. The van der Waals surface area contributed by atoms with Crippen LogP contribution in [0.5, 0.6) is 0 Å². The lowest BCUT2D eigenvalue weighted by molar-refractivity contribution is -0.143. The summed E-state index contributed by atoms with van der Waals surface area (Å²) in [6.45, 7) is 0. The van der Waals surface area contributed by atoms with Crippen LogP contribution in [0.15, 0.2) is 18.2 Å². The van der Waals surface area contributed by atoms with E-state index in [1.807, 2.05) is 0 Å². The second-order valence-corrected chi connectivity index (χ2v) is 8.70. The van der Waals surface area contributed by atoms with Gasteiger partial charge in [-0.05, 0) is 49.8 Å². The van der Waals surface area contributed by atoms with Crippen LogP contribution in [0.4, 0.5) is 26.3 Å². The van der Waals surface area contributed by atoms with Crippen LogP contribution in [0, 0.1) is 5.92 Å². The Hall–Kier alpha value is -1.53. The minimum atomic E-state index is -5.37. The molecule has 2 N–H and O–H groups in total. The molecule has 0 saturated heterocycles. The Morgan fingerprint density at radius 3 is 2.10 bits per heavy atom. The molecule has 1 aliphatic rings. The fraction of sp³-hybridized carbons (Fsp3) is 0.562. The number of hydrogen-bond acceptors (Lipinski definition) is 3. The molecule has 1 aliphatic carbocycles. The van der Waals surface area contributed by atoms with Crippen molar-refractivity contribution in [1.82, 2.24) is 5.32 Å². The fourth-order valence-corrected chi connectivity index (χ4v) is 4.68. The van der Waals surface area contributed by atoms with Gasteiger partial charge >= 0.3 is 12.4 Å². The van der Waals surface area contributed by atoms with Crippen molar-refractivity contribution in [3.8, 4) is 0 Å². The highest BCUT2D eigenvalue weighted by Gasteiger charge is 2.53. The highest BCUT2D eigenvalue weighted by Crippen LogP contribution is 2.39. The largest absolute Gasteiger partial charge is 0.416 e. The van der Waals surface area contributed by atoms with Gasteiger partial charge in [-0.15, -0.1) is 0 Å². The molecule has 0 aliphatic heterocycles. The zero-order valence-corrected chi connectivity index (χ0v) is 16.1. The molecule has 0 bridgehead atoms. The van der Waals surface area contributed by atoms with Crippen molar-refractivity contribution in [1.29, 1.82) is 0 Å². The van der Waals surface area contributed by atoms with Crippen LogP contribution >= 0.6 is 11.6 Å². The minimum Gasteiger partial charge on any atom is -0.349 e. The maximum Gasteiger partial charge on any atom is 0.416 e. The lowest BCUT2D eigenvalue weighted by atomic mass is 9.83. The number of alkyl halides is 6. The maximum absolute atomic E-state index is 13.0. The van der Waals surface area contributed by atoms with E-state index in [1.165, 1.54) is 0 Å². The summed E-state index contributed by atoms with van der Waals surface area (Å²) in [7, 11) is -5.37. The van der Waals surface area contributed by atoms with Gasteiger partial charge in [-0.25, -0.2) is 0 Å². The average Bonchev–Trinajstić information content (AvgIpc) is 2.53. The molecule has 0 radical (unpaired) electrons. The molecule has 0 aromatic heterocycles. The van der Waals surface area contributed by atoms with Crippen LogP contribution in [0.1, 0.15) is 41.6 Å². The van der Waals surface area contributed by atoms with E-state index in [1.54, 1.807) is 0 Å². The fourth-order valence-electron chi connectivity index (χ4n) is 3.38. The van der Waals surface area contributed by atoms with E-state index >= 15 is 0 Å².